The second kappa shape index (κ2) is 18.1. The predicted octanol–water partition coefficient (Wildman–Crippen LogP) is 13.4. The number of hydrogen-bond acceptors (Lipinski definition) is 4. The normalized spacial score (nSPS) is 11.2. The molecule has 6 heteroatoms. The van der Waals surface area contributed by atoms with Gasteiger partial charge in [0.05, 0.1) is 5.69 Å². The Bertz CT molecular complexity index is 3010. The van der Waals surface area contributed by atoms with Crippen LogP contribution < -0.4 is 0 Å². The molecule has 0 bridgehead atoms. The van der Waals surface area contributed by atoms with Crippen molar-refractivity contribution in [3.8, 4) is 73.4 Å². The van der Waals surface area contributed by atoms with E-state index < -0.39 is 0 Å². The second-order valence-electron chi connectivity index (χ2n) is 16.3. The van der Waals surface area contributed by atoms with Crippen molar-refractivity contribution < 1.29 is 5.11 Å². The molecule has 0 saturated carbocycles. The summed E-state index contributed by atoms with van der Waals surface area (Å²) in [4.78, 5) is 14.0. The molecular formula is C58H47N5O. The molecule has 0 unspecified atom stereocenters. The molecule has 0 fully saturated rings. The second-order valence-corrected chi connectivity index (χ2v) is 16.3. The van der Waals surface area contributed by atoms with E-state index >= 15 is 0 Å². The fraction of sp³-hybridized carbons (Fsp3) is 0.0862. The summed E-state index contributed by atoms with van der Waals surface area (Å²) in [5.74, 6) is 2.12. The van der Waals surface area contributed by atoms with Crippen LogP contribution in [-0.2, 0) is 25.7 Å². The zero-order valence-electron chi connectivity index (χ0n) is 35.7. The smallest absolute Gasteiger partial charge is 0.144 e. The molecule has 7 aromatic carbocycles. The molecule has 64 heavy (non-hydrogen) atoms. The number of pyridine rings is 1. The Labute approximate surface area is 374 Å². The molecule has 0 radical (unpaired) electrons. The fourth-order valence-corrected chi connectivity index (χ4v) is 8.53. The monoisotopic (exact) mass is 829 g/mol. The Morgan fingerprint density at radius 2 is 0.844 bits per heavy atom. The molecular weight excluding hydrogens is 783 g/mol. The molecule has 0 aliphatic heterocycles. The molecule has 1 N–H and O–H groups in total. The number of aryl methyl sites for hydroxylation is 5. The van der Waals surface area contributed by atoms with Gasteiger partial charge in [-0.3, -0.25) is 14.1 Å². The van der Waals surface area contributed by atoms with Crippen molar-refractivity contribution >= 4 is 0 Å². The fourth-order valence-electron chi connectivity index (χ4n) is 8.53. The number of rotatable bonds is 13. The van der Waals surface area contributed by atoms with Gasteiger partial charge in [-0.05, 0) is 101 Å². The average Bonchev–Trinajstić information content (AvgIpc) is 4.06. The van der Waals surface area contributed by atoms with Crippen molar-refractivity contribution in [2.24, 2.45) is 0 Å². The van der Waals surface area contributed by atoms with Crippen molar-refractivity contribution in [3.63, 3.8) is 0 Å². The molecule has 6 nitrogen and oxygen atoms in total. The van der Waals surface area contributed by atoms with E-state index in [2.05, 4.69) is 178 Å². The minimum atomic E-state index is 0.252. The third kappa shape index (κ3) is 8.67. The van der Waals surface area contributed by atoms with Gasteiger partial charge in [0.2, 0.25) is 0 Å². The highest BCUT2D eigenvalue weighted by molar-refractivity contribution is 5.84. The van der Waals surface area contributed by atoms with E-state index in [9.17, 15) is 5.11 Å². The van der Waals surface area contributed by atoms with Gasteiger partial charge in [0, 0.05) is 70.7 Å². The Hall–Kier alpha value is -8.09. The maximum Gasteiger partial charge on any atom is 0.144 e. The summed E-state index contributed by atoms with van der Waals surface area (Å²) < 4.78 is 4.27. The Morgan fingerprint density at radius 3 is 1.34 bits per heavy atom. The van der Waals surface area contributed by atoms with Crippen LogP contribution in [0, 0.1) is 6.92 Å². The Balaban J connectivity index is 0.923. The molecule has 0 aliphatic rings. The number of para-hydroxylation sites is 2. The first kappa shape index (κ1) is 40.0. The Kier molecular flexibility index (Phi) is 11.3. The van der Waals surface area contributed by atoms with Crippen molar-refractivity contribution in [1.29, 1.82) is 0 Å². The zero-order chi connectivity index (χ0) is 43.2. The van der Waals surface area contributed by atoms with Crippen LogP contribution in [0.4, 0.5) is 0 Å². The van der Waals surface area contributed by atoms with Crippen LogP contribution in [0.25, 0.3) is 67.7 Å². The van der Waals surface area contributed by atoms with E-state index in [1.807, 2.05) is 43.8 Å². The van der Waals surface area contributed by atoms with E-state index in [0.29, 0.717) is 0 Å². The lowest BCUT2D eigenvalue weighted by atomic mass is 9.90. The lowest BCUT2D eigenvalue weighted by Gasteiger charge is -2.15. The highest BCUT2D eigenvalue weighted by Gasteiger charge is 2.14. The van der Waals surface area contributed by atoms with Gasteiger partial charge in [0.25, 0.3) is 0 Å². The van der Waals surface area contributed by atoms with Crippen LogP contribution in [0.1, 0.15) is 27.8 Å². The SMILES string of the molecule is Cc1cnc(-c2ccc(-c3ccccc3-c3cc(CCc4ccc(-c5nccn5-c5ccccc5)cc4)cc(CCc4ccc(-c5nccn5-c5ccccc5)cc4)c3)cc2)cc1O. The molecule has 3 heterocycles. The molecule has 0 spiro atoms. The average molecular weight is 830 g/mol. The number of hydrogen-bond donors (Lipinski definition) is 1. The van der Waals surface area contributed by atoms with Gasteiger partial charge in [-0.1, -0.05) is 152 Å². The van der Waals surface area contributed by atoms with Gasteiger partial charge in [-0.2, -0.15) is 0 Å². The van der Waals surface area contributed by atoms with Crippen LogP contribution in [0.2, 0.25) is 0 Å². The summed E-state index contributed by atoms with van der Waals surface area (Å²) in [6.45, 7) is 1.86. The van der Waals surface area contributed by atoms with E-state index in [1.165, 1.54) is 38.9 Å². The van der Waals surface area contributed by atoms with Gasteiger partial charge in [0.1, 0.15) is 17.4 Å². The van der Waals surface area contributed by atoms with Crippen molar-refractivity contribution in [1.82, 2.24) is 24.1 Å². The third-order valence-corrected chi connectivity index (χ3v) is 12.0. The van der Waals surface area contributed by atoms with Crippen molar-refractivity contribution in [3.05, 3.63) is 241 Å². The minimum Gasteiger partial charge on any atom is -0.508 e. The third-order valence-electron chi connectivity index (χ3n) is 12.0. The van der Waals surface area contributed by atoms with Crippen LogP contribution >= 0.6 is 0 Å². The molecule has 0 atom stereocenters. The van der Waals surface area contributed by atoms with Gasteiger partial charge in [-0.15, -0.1) is 0 Å². The highest BCUT2D eigenvalue weighted by atomic mass is 16.3. The number of nitrogens with zero attached hydrogens (tertiary/aromatic N) is 5. The summed E-state index contributed by atoms with van der Waals surface area (Å²) in [7, 11) is 0. The van der Waals surface area contributed by atoms with E-state index in [4.69, 9.17) is 9.97 Å². The van der Waals surface area contributed by atoms with Gasteiger partial charge >= 0.3 is 0 Å². The van der Waals surface area contributed by atoms with E-state index in [1.54, 1.807) is 12.3 Å². The molecule has 0 amide bonds. The first-order valence-corrected chi connectivity index (χ1v) is 21.9. The summed E-state index contributed by atoms with van der Waals surface area (Å²) in [5.41, 5.74) is 16.8. The predicted molar refractivity (Wildman–Crippen MR) is 260 cm³/mol. The van der Waals surface area contributed by atoms with Crippen molar-refractivity contribution in [2.75, 3.05) is 0 Å². The number of aromatic nitrogens is 5. The quantitative estimate of drug-likeness (QED) is 0.126. The van der Waals surface area contributed by atoms with Gasteiger partial charge in [0.15, 0.2) is 0 Å². The van der Waals surface area contributed by atoms with Gasteiger partial charge < -0.3 is 5.11 Å². The summed E-state index contributed by atoms with van der Waals surface area (Å²) in [6, 6.07) is 64.5. The number of aromatic hydroxyl groups is 1. The maximum atomic E-state index is 10.3. The maximum absolute atomic E-state index is 10.3. The van der Waals surface area contributed by atoms with E-state index in [0.717, 1.165) is 82.2 Å². The molecule has 3 aromatic heterocycles. The summed E-state index contributed by atoms with van der Waals surface area (Å²) in [6.07, 6.45) is 13.1. The molecule has 10 rings (SSSR count). The molecule has 0 aliphatic carbocycles. The molecule has 0 saturated heterocycles. The first-order valence-electron chi connectivity index (χ1n) is 21.9. The van der Waals surface area contributed by atoms with Crippen molar-refractivity contribution in [2.45, 2.75) is 32.6 Å². The summed E-state index contributed by atoms with van der Waals surface area (Å²) in [5, 5.41) is 10.3. The van der Waals surface area contributed by atoms with E-state index in [-0.39, 0.29) is 5.75 Å². The minimum absolute atomic E-state index is 0.252. The van der Waals surface area contributed by atoms with Crippen LogP contribution in [-0.4, -0.2) is 29.2 Å². The zero-order valence-corrected chi connectivity index (χ0v) is 35.7. The summed E-state index contributed by atoms with van der Waals surface area (Å²) >= 11 is 0. The lowest BCUT2D eigenvalue weighted by Crippen LogP contribution is -1.99. The van der Waals surface area contributed by atoms with Crippen LogP contribution in [0.15, 0.2) is 213 Å². The molecule has 10 aromatic rings. The number of benzene rings is 7. The lowest BCUT2D eigenvalue weighted by molar-refractivity contribution is 0.470. The van der Waals surface area contributed by atoms with Crippen LogP contribution in [0.3, 0.4) is 0 Å². The van der Waals surface area contributed by atoms with Gasteiger partial charge in [-0.25, -0.2) is 9.97 Å². The topological polar surface area (TPSA) is 68.8 Å². The van der Waals surface area contributed by atoms with Crippen LogP contribution in [0.5, 0.6) is 5.75 Å². The largest absolute Gasteiger partial charge is 0.508 e. The first-order chi connectivity index (χ1) is 31.5. The number of imidazole rings is 2. The molecule has 310 valence electrons. The standard InChI is InChI=1S/C58H47N5O/c1-41-40-61-55(39-56(41)64)47-30-28-46(29-31-47)53-14-8-9-15-54(53)50-37-44(18-16-42-20-24-48(25-21-42)57-59-32-34-62(57)51-10-4-2-5-11-51)36-45(38-50)19-17-43-22-26-49(27-23-43)58-60-33-35-63(58)52-12-6-3-7-13-52/h2-15,20-40H,16-19H2,1H3,(H,61,64). The highest BCUT2D eigenvalue weighted by Crippen LogP contribution is 2.35. The Morgan fingerprint density at radius 1 is 0.406 bits per heavy atom.